The Labute approximate surface area is 133 Å². The smallest absolute Gasteiger partial charge is 0.317 e. The molecule has 0 bridgehead atoms. The molecule has 0 unspecified atom stereocenters. The number of ether oxygens (including phenoxy) is 3. The summed E-state index contributed by atoms with van der Waals surface area (Å²) in [5.41, 5.74) is -0.278. The Hall–Kier alpha value is -0.850. The van der Waals surface area contributed by atoms with Crippen LogP contribution in [0.1, 0.15) is 40.0 Å². The van der Waals surface area contributed by atoms with Crippen molar-refractivity contribution in [3.05, 3.63) is 0 Å². The molecule has 0 radical (unpaired) electrons. The predicted molar refractivity (Wildman–Crippen MR) is 84.0 cm³/mol. The van der Waals surface area contributed by atoms with Gasteiger partial charge in [0.2, 0.25) is 0 Å². The van der Waals surface area contributed by atoms with Crippen LogP contribution in [0.3, 0.4) is 0 Å². The van der Waals surface area contributed by atoms with Crippen LogP contribution in [0.25, 0.3) is 0 Å². The van der Waals surface area contributed by atoms with Crippen molar-refractivity contribution in [3.8, 4) is 0 Å². The molecule has 2 atom stereocenters. The summed E-state index contributed by atoms with van der Waals surface area (Å²) in [6.07, 6.45) is 3.40. The number of carbonyl (C=O) groups is 1. The molecule has 0 spiro atoms. The normalized spacial score (nSPS) is 27.9. The monoisotopic (exact) mass is 314 g/mol. The van der Waals surface area contributed by atoms with Crippen molar-refractivity contribution in [1.29, 1.82) is 0 Å². The Bertz CT molecular complexity index is 356. The Morgan fingerprint density at radius 1 is 1.45 bits per heavy atom. The molecule has 2 aliphatic rings. The third-order valence-corrected chi connectivity index (χ3v) is 3.93. The number of amides is 2. The molecule has 128 valence electrons. The van der Waals surface area contributed by atoms with E-state index in [0.717, 1.165) is 25.9 Å². The van der Waals surface area contributed by atoms with E-state index in [1.807, 2.05) is 25.7 Å². The number of hydrogen-bond acceptors (Lipinski definition) is 4. The van der Waals surface area contributed by atoms with Crippen LogP contribution >= 0.6 is 0 Å². The van der Waals surface area contributed by atoms with Crippen molar-refractivity contribution in [2.75, 3.05) is 39.5 Å². The average molecular weight is 314 g/mol. The van der Waals surface area contributed by atoms with Gasteiger partial charge in [-0.1, -0.05) is 0 Å². The number of urea groups is 1. The summed E-state index contributed by atoms with van der Waals surface area (Å²) >= 11 is 0. The zero-order valence-corrected chi connectivity index (χ0v) is 14.1. The summed E-state index contributed by atoms with van der Waals surface area (Å²) in [7, 11) is 0. The highest BCUT2D eigenvalue weighted by molar-refractivity contribution is 5.74. The molecule has 6 heteroatoms. The lowest BCUT2D eigenvalue weighted by atomic mass is 10.1. The second kappa shape index (κ2) is 8.13. The molecule has 2 rings (SSSR count). The van der Waals surface area contributed by atoms with Crippen molar-refractivity contribution in [3.63, 3.8) is 0 Å². The third-order valence-electron chi connectivity index (χ3n) is 3.93. The highest BCUT2D eigenvalue weighted by atomic mass is 16.5. The van der Waals surface area contributed by atoms with E-state index in [1.54, 1.807) is 0 Å². The van der Waals surface area contributed by atoms with Gasteiger partial charge in [-0.25, -0.2) is 4.79 Å². The number of nitrogens with one attached hydrogen (secondary N) is 1. The van der Waals surface area contributed by atoms with Gasteiger partial charge in [-0.2, -0.15) is 0 Å². The van der Waals surface area contributed by atoms with Crippen LogP contribution in [0.2, 0.25) is 0 Å². The molecule has 0 aliphatic carbocycles. The van der Waals surface area contributed by atoms with Crippen LogP contribution in [-0.4, -0.2) is 68.2 Å². The van der Waals surface area contributed by atoms with Crippen molar-refractivity contribution in [2.24, 2.45) is 0 Å². The minimum Gasteiger partial charge on any atom is -0.379 e. The van der Waals surface area contributed by atoms with Crippen LogP contribution < -0.4 is 5.32 Å². The summed E-state index contributed by atoms with van der Waals surface area (Å²) in [6.45, 7) is 10.1. The molecule has 2 amide bonds. The van der Waals surface area contributed by atoms with Gasteiger partial charge in [-0.3, -0.25) is 0 Å². The maximum absolute atomic E-state index is 12.2. The zero-order valence-electron chi connectivity index (χ0n) is 14.1. The maximum atomic E-state index is 12.2. The summed E-state index contributed by atoms with van der Waals surface area (Å²) in [5, 5.41) is 2.96. The lowest BCUT2D eigenvalue weighted by Gasteiger charge is -2.41. The van der Waals surface area contributed by atoms with Crippen molar-refractivity contribution in [2.45, 2.75) is 57.8 Å². The molecule has 1 N–H and O–H groups in total. The van der Waals surface area contributed by atoms with Gasteiger partial charge in [0.15, 0.2) is 0 Å². The molecule has 6 nitrogen and oxygen atoms in total. The maximum Gasteiger partial charge on any atom is 0.317 e. The van der Waals surface area contributed by atoms with Gasteiger partial charge in [0.1, 0.15) is 0 Å². The van der Waals surface area contributed by atoms with Gasteiger partial charge in [-0.15, -0.1) is 0 Å². The molecule has 2 aliphatic heterocycles. The lowest BCUT2D eigenvalue weighted by Crippen LogP contribution is -2.56. The van der Waals surface area contributed by atoms with Gasteiger partial charge in [0.05, 0.1) is 31.0 Å². The molecule has 2 saturated heterocycles. The second-order valence-corrected chi connectivity index (χ2v) is 6.86. The molecule has 2 fully saturated rings. The number of morpholine rings is 1. The van der Waals surface area contributed by atoms with Crippen LogP contribution in [0.5, 0.6) is 0 Å². The lowest BCUT2D eigenvalue weighted by molar-refractivity contribution is -0.117. The molecular formula is C16H30N2O4. The first-order valence-corrected chi connectivity index (χ1v) is 8.36. The molecule has 0 aromatic rings. The first-order valence-electron chi connectivity index (χ1n) is 8.36. The molecule has 0 aromatic carbocycles. The summed E-state index contributed by atoms with van der Waals surface area (Å²) < 4.78 is 16.9. The number of rotatable bonds is 6. The summed E-state index contributed by atoms with van der Waals surface area (Å²) in [6, 6.07) is -0.0117. The fourth-order valence-electron chi connectivity index (χ4n) is 3.08. The van der Waals surface area contributed by atoms with E-state index in [4.69, 9.17) is 14.2 Å². The first kappa shape index (κ1) is 17.5. The van der Waals surface area contributed by atoms with Crippen molar-refractivity contribution in [1.82, 2.24) is 10.2 Å². The van der Waals surface area contributed by atoms with Gasteiger partial charge in [-0.05, 0) is 40.0 Å². The second-order valence-electron chi connectivity index (χ2n) is 6.86. The van der Waals surface area contributed by atoms with Gasteiger partial charge in [0, 0.05) is 26.3 Å². The van der Waals surface area contributed by atoms with E-state index in [1.165, 1.54) is 0 Å². The minimum absolute atomic E-state index is 0.0117. The Morgan fingerprint density at radius 2 is 2.27 bits per heavy atom. The molecule has 2 heterocycles. The fourth-order valence-corrected chi connectivity index (χ4v) is 3.08. The van der Waals surface area contributed by atoms with Crippen molar-refractivity contribution >= 4 is 6.03 Å². The zero-order chi connectivity index (χ0) is 16.0. The van der Waals surface area contributed by atoms with E-state index in [-0.39, 0.29) is 23.8 Å². The largest absolute Gasteiger partial charge is 0.379 e. The quantitative estimate of drug-likeness (QED) is 0.759. The minimum atomic E-state index is -0.278. The molecule has 0 saturated carbocycles. The van der Waals surface area contributed by atoms with Crippen LogP contribution in [0, 0.1) is 0 Å². The Kier molecular flexibility index (Phi) is 6.47. The summed E-state index contributed by atoms with van der Waals surface area (Å²) in [5.74, 6) is 0. The van der Waals surface area contributed by atoms with E-state index >= 15 is 0 Å². The average Bonchev–Trinajstić information content (AvgIpc) is 2.93. The Morgan fingerprint density at radius 3 is 2.95 bits per heavy atom. The predicted octanol–water partition coefficient (Wildman–Crippen LogP) is 1.78. The molecule has 0 aromatic heterocycles. The highest BCUT2D eigenvalue weighted by Crippen LogP contribution is 2.20. The van der Waals surface area contributed by atoms with Crippen LogP contribution in [-0.2, 0) is 14.2 Å². The third kappa shape index (κ3) is 5.74. The molecule has 22 heavy (non-hydrogen) atoms. The SMILES string of the molecule is C[C@H]1CN(C(=O)NCCCOC[C@@H]2CCCO2)CC(C)(C)O1. The van der Waals surface area contributed by atoms with E-state index in [9.17, 15) is 4.79 Å². The van der Waals surface area contributed by atoms with E-state index < -0.39 is 0 Å². The topological polar surface area (TPSA) is 60.0 Å². The van der Waals surface area contributed by atoms with Crippen molar-refractivity contribution < 1.29 is 19.0 Å². The number of hydrogen-bond donors (Lipinski definition) is 1. The molecular weight excluding hydrogens is 284 g/mol. The number of carbonyl (C=O) groups excluding carboxylic acids is 1. The first-order chi connectivity index (χ1) is 10.5. The highest BCUT2D eigenvalue weighted by Gasteiger charge is 2.33. The summed E-state index contributed by atoms with van der Waals surface area (Å²) in [4.78, 5) is 14.0. The van der Waals surface area contributed by atoms with Crippen LogP contribution in [0.4, 0.5) is 4.79 Å². The van der Waals surface area contributed by atoms with Crippen LogP contribution in [0.15, 0.2) is 0 Å². The van der Waals surface area contributed by atoms with E-state index in [2.05, 4.69) is 5.32 Å². The van der Waals surface area contributed by atoms with Gasteiger partial charge in [0.25, 0.3) is 0 Å². The van der Waals surface area contributed by atoms with Gasteiger partial charge < -0.3 is 24.4 Å². The number of nitrogens with zero attached hydrogens (tertiary/aromatic N) is 1. The Balaban J connectivity index is 1.55. The van der Waals surface area contributed by atoms with E-state index in [0.29, 0.717) is 32.8 Å². The fraction of sp³-hybridized carbons (Fsp3) is 0.938. The van der Waals surface area contributed by atoms with Gasteiger partial charge >= 0.3 is 6.03 Å². The standard InChI is InChI=1S/C16H30N2O4/c1-13-10-18(12-16(2,3)22-13)15(19)17-7-5-8-20-11-14-6-4-9-21-14/h13-14H,4-12H2,1-3H3,(H,17,19)/t13-,14-/m0/s1.